The molecule has 41 heavy (non-hydrogen) atoms. The summed E-state index contributed by atoms with van der Waals surface area (Å²) in [6, 6.07) is 21.7. The zero-order valence-electron chi connectivity index (χ0n) is 24.0. The van der Waals surface area contributed by atoms with Gasteiger partial charge in [0.1, 0.15) is 18.1 Å². The highest BCUT2D eigenvalue weighted by molar-refractivity contribution is 6.17. The van der Waals surface area contributed by atoms with Crippen LogP contribution in [0.3, 0.4) is 0 Å². The Labute approximate surface area is 246 Å². The molecule has 1 aliphatic rings. The lowest BCUT2D eigenvalue weighted by molar-refractivity contribution is 0.0717. The summed E-state index contributed by atoms with van der Waals surface area (Å²) in [6.07, 6.45) is 2.25. The first kappa shape index (κ1) is 28.6. The second kappa shape index (κ2) is 12.7. The third kappa shape index (κ3) is 6.68. The average Bonchev–Trinajstić information content (AvgIpc) is 3.77. The number of ether oxygens (including phenoxy) is 3. The number of nitrogens with zero attached hydrogens (tertiary/aromatic N) is 3. The molecule has 3 aromatic carbocycles. The predicted octanol–water partition coefficient (Wildman–Crippen LogP) is 6.78. The van der Waals surface area contributed by atoms with Gasteiger partial charge < -0.3 is 19.1 Å². The molecule has 1 saturated carbocycles. The number of aromatic nitrogens is 2. The number of carbonyl (C=O) groups excluding carboxylic acids is 1. The second-order valence-electron chi connectivity index (χ2n) is 10.5. The van der Waals surface area contributed by atoms with Crippen molar-refractivity contribution >= 4 is 17.5 Å². The molecule has 1 aromatic heterocycles. The molecule has 0 atom stereocenters. The Kier molecular flexibility index (Phi) is 8.84. The maximum Gasteiger partial charge on any atom is 0.272 e. The summed E-state index contributed by atoms with van der Waals surface area (Å²) < 4.78 is 19.1. The maximum absolute atomic E-state index is 14.1. The molecule has 1 amide bonds. The monoisotopic (exact) mass is 573 g/mol. The van der Waals surface area contributed by atoms with Crippen LogP contribution in [0.1, 0.15) is 62.8 Å². The first-order valence-electron chi connectivity index (χ1n) is 13.8. The van der Waals surface area contributed by atoms with E-state index >= 15 is 0 Å². The summed E-state index contributed by atoms with van der Waals surface area (Å²) in [6.45, 7) is 3.17. The van der Waals surface area contributed by atoms with Gasteiger partial charge in [-0.3, -0.25) is 9.48 Å². The summed E-state index contributed by atoms with van der Waals surface area (Å²) in [5.41, 5.74) is 6.59. The molecule has 0 radical (unpaired) electrons. The average molecular weight is 574 g/mol. The zero-order chi connectivity index (χ0) is 28.9. The molecule has 0 bridgehead atoms. The number of halogens is 1. The van der Waals surface area contributed by atoms with Crippen molar-refractivity contribution in [3.8, 4) is 17.2 Å². The number of hydrogen-bond acceptors (Lipinski definition) is 5. The van der Waals surface area contributed by atoms with Crippen LogP contribution in [0.25, 0.3) is 0 Å². The van der Waals surface area contributed by atoms with E-state index in [4.69, 9.17) is 25.8 Å². The highest BCUT2D eigenvalue weighted by Gasteiger charge is 2.30. The van der Waals surface area contributed by atoms with Gasteiger partial charge in [-0.05, 0) is 66.3 Å². The molecule has 1 aliphatic carbocycles. The normalized spacial score (nSPS) is 12.7. The standard InChI is InChI=1S/C33H36ClN3O4/c1-22-16-28(39-3)15-14-26(22)19-37(33(38)30-17-29(25-12-13-25)35-36(30)2)20-27-6-5-7-31(32(27)40-4)41-21-24-10-8-23(18-34)9-11-24/h5-11,14-17,25H,12-13,18-21H2,1-4H3. The molecule has 7 nitrogen and oxygen atoms in total. The van der Waals surface area contributed by atoms with Crippen molar-refractivity contribution in [2.24, 2.45) is 7.05 Å². The van der Waals surface area contributed by atoms with Crippen LogP contribution in [0.5, 0.6) is 17.2 Å². The van der Waals surface area contributed by atoms with Gasteiger partial charge in [-0.25, -0.2) is 0 Å². The van der Waals surface area contributed by atoms with E-state index in [0.29, 0.717) is 48.7 Å². The number of benzene rings is 3. The fourth-order valence-electron chi connectivity index (χ4n) is 4.93. The van der Waals surface area contributed by atoms with Crippen molar-refractivity contribution in [1.29, 1.82) is 0 Å². The van der Waals surface area contributed by atoms with E-state index in [1.165, 1.54) is 0 Å². The minimum atomic E-state index is -0.0881. The van der Waals surface area contributed by atoms with Gasteiger partial charge in [-0.1, -0.05) is 42.5 Å². The van der Waals surface area contributed by atoms with Crippen molar-refractivity contribution in [3.05, 3.63) is 106 Å². The van der Waals surface area contributed by atoms with E-state index in [9.17, 15) is 4.79 Å². The fraction of sp³-hybridized carbons (Fsp3) is 0.333. The predicted molar refractivity (Wildman–Crippen MR) is 160 cm³/mol. The molecule has 0 saturated heterocycles. The smallest absolute Gasteiger partial charge is 0.272 e. The molecular formula is C33H36ClN3O4. The van der Waals surface area contributed by atoms with Gasteiger partial charge in [0.05, 0.1) is 26.5 Å². The third-order valence-electron chi connectivity index (χ3n) is 7.51. The van der Waals surface area contributed by atoms with Crippen molar-refractivity contribution in [3.63, 3.8) is 0 Å². The van der Waals surface area contributed by atoms with Crippen LogP contribution in [0.4, 0.5) is 0 Å². The molecule has 0 spiro atoms. The van der Waals surface area contributed by atoms with Crippen LogP contribution in [-0.2, 0) is 32.6 Å². The maximum atomic E-state index is 14.1. The van der Waals surface area contributed by atoms with Crippen LogP contribution < -0.4 is 14.2 Å². The number of rotatable bonds is 12. The molecule has 1 heterocycles. The molecule has 0 unspecified atom stereocenters. The Balaban J connectivity index is 1.43. The minimum Gasteiger partial charge on any atom is -0.497 e. The largest absolute Gasteiger partial charge is 0.497 e. The molecular weight excluding hydrogens is 538 g/mol. The van der Waals surface area contributed by atoms with Gasteiger partial charge >= 0.3 is 0 Å². The Morgan fingerprint density at radius 1 is 0.976 bits per heavy atom. The van der Waals surface area contributed by atoms with Gasteiger partial charge in [-0.15, -0.1) is 11.6 Å². The minimum absolute atomic E-state index is 0.0881. The van der Waals surface area contributed by atoms with Crippen LogP contribution in [0, 0.1) is 6.92 Å². The quantitative estimate of drug-likeness (QED) is 0.175. The van der Waals surface area contributed by atoms with Crippen LogP contribution in [-0.4, -0.2) is 34.8 Å². The zero-order valence-corrected chi connectivity index (χ0v) is 24.8. The highest BCUT2D eigenvalue weighted by Crippen LogP contribution is 2.39. The molecule has 0 N–H and O–H groups in total. The number of aryl methyl sites for hydroxylation is 2. The Hall–Kier alpha value is -3.97. The number of hydrogen-bond donors (Lipinski definition) is 0. The second-order valence-corrected chi connectivity index (χ2v) is 10.8. The van der Waals surface area contributed by atoms with Crippen molar-refractivity contribution < 1.29 is 19.0 Å². The Morgan fingerprint density at radius 2 is 1.71 bits per heavy atom. The van der Waals surface area contributed by atoms with Gasteiger partial charge in [0.15, 0.2) is 11.5 Å². The van der Waals surface area contributed by atoms with E-state index in [1.54, 1.807) is 18.9 Å². The first-order valence-corrected chi connectivity index (χ1v) is 14.3. The fourth-order valence-corrected chi connectivity index (χ4v) is 5.11. The van der Waals surface area contributed by atoms with Crippen molar-refractivity contribution in [2.45, 2.75) is 51.3 Å². The van der Waals surface area contributed by atoms with Crippen molar-refractivity contribution in [2.75, 3.05) is 14.2 Å². The van der Waals surface area contributed by atoms with E-state index in [2.05, 4.69) is 5.10 Å². The topological polar surface area (TPSA) is 65.8 Å². The molecule has 1 fully saturated rings. The molecule has 0 aliphatic heterocycles. The number of carbonyl (C=O) groups is 1. The van der Waals surface area contributed by atoms with E-state index in [1.807, 2.05) is 85.6 Å². The van der Waals surface area contributed by atoms with Crippen LogP contribution >= 0.6 is 11.6 Å². The van der Waals surface area contributed by atoms with Gasteiger partial charge in [0.2, 0.25) is 0 Å². The van der Waals surface area contributed by atoms with Gasteiger partial charge in [0.25, 0.3) is 5.91 Å². The Bertz CT molecular complexity index is 1510. The Morgan fingerprint density at radius 3 is 2.37 bits per heavy atom. The summed E-state index contributed by atoms with van der Waals surface area (Å²) in [7, 11) is 5.12. The van der Waals surface area contributed by atoms with E-state index in [0.717, 1.165) is 52.1 Å². The highest BCUT2D eigenvalue weighted by atomic mass is 35.5. The van der Waals surface area contributed by atoms with E-state index < -0.39 is 0 Å². The van der Waals surface area contributed by atoms with Crippen molar-refractivity contribution in [1.82, 2.24) is 14.7 Å². The lowest BCUT2D eigenvalue weighted by atomic mass is 10.1. The van der Waals surface area contributed by atoms with Gasteiger partial charge in [-0.2, -0.15) is 5.10 Å². The number of para-hydroxylation sites is 1. The first-order chi connectivity index (χ1) is 19.9. The SMILES string of the molecule is COc1ccc(CN(Cc2cccc(OCc3ccc(CCl)cc3)c2OC)C(=O)c2cc(C3CC3)nn2C)c(C)c1. The van der Waals surface area contributed by atoms with E-state index in [-0.39, 0.29) is 5.91 Å². The molecule has 214 valence electrons. The summed E-state index contributed by atoms with van der Waals surface area (Å²) in [5, 5.41) is 4.64. The number of alkyl halides is 1. The summed E-state index contributed by atoms with van der Waals surface area (Å²) in [4.78, 5) is 15.9. The number of amides is 1. The summed E-state index contributed by atoms with van der Waals surface area (Å²) in [5.74, 6) is 2.86. The number of methoxy groups -OCH3 is 2. The lowest BCUT2D eigenvalue weighted by Gasteiger charge is -2.25. The van der Waals surface area contributed by atoms with Crippen LogP contribution in [0.15, 0.2) is 66.7 Å². The molecule has 5 rings (SSSR count). The van der Waals surface area contributed by atoms with Gasteiger partial charge in [0, 0.05) is 31.0 Å². The molecule has 8 heteroatoms. The summed E-state index contributed by atoms with van der Waals surface area (Å²) >= 11 is 5.93. The lowest BCUT2D eigenvalue weighted by Crippen LogP contribution is -2.32. The van der Waals surface area contributed by atoms with Crippen LogP contribution in [0.2, 0.25) is 0 Å². The molecule has 4 aromatic rings. The third-order valence-corrected chi connectivity index (χ3v) is 7.82.